The van der Waals surface area contributed by atoms with Crippen molar-refractivity contribution in [3.63, 3.8) is 0 Å². The zero-order chi connectivity index (χ0) is 12.3. The lowest BCUT2D eigenvalue weighted by atomic mass is 10.2. The van der Waals surface area contributed by atoms with Crippen LogP contribution in [0.4, 0.5) is 0 Å². The summed E-state index contributed by atoms with van der Waals surface area (Å²) in [6, 6.07) is 2.29. The molecule has 1 aliphatic heterocycles. The van der Waals surface area contributed by atoms with Crippen LogP contribution in [0.1, 0.15) is 29.8 Å². The van der Waals surface area contributed by atoms with Gasteiger partial charge in [0.2, 0.25) is 0 Å². The van der Waals surface area contributed by atoms with Gasteiger partial charge in [-0.25, -0.2) is 0 Å². The maximum absolute atomic E-state index is 3.55. The van der Waals surface area contributed by atoms with E-state index in [0.29, 0.717) is 0 Å². The number of likely N-dealkylation sites (tertiary alicyclic amines) is 1. The molecule has 0 aromatic carbocycles. The molecule has 0 radical (unpaired) electrons. The van der Waals surface area contributed by atoms with Gasteiger partial charge >= 0.3 is 0 Å². The standard InChI is InChI=1S/C14H25N3/c1-12-10-14(13(2)16(12)3)11-15-6-9-17-7-4-5-8-17/h10,15H,4-9,11H2,1-3H3. The number of nitrogens with one attached hydrogen (secondary N) is 1. The molecule has 1 aromatic heterocycles. The van der Waals surface area contributed by atoms with Crippen molar-refractivity contribution < 1.29 is 0 Å². The van der Waals surface area contributed by atoms with Crippen LogP contribution in [-0.4, -0.2) is 35.6 Å². The van der Waals surface area contributed by atoms with Crippen molar-refractivity contribution in [2.75, 3.05) is 26.2 Å². The third-order valence-electron chi connectivity index (χ3n) is 4.00. The van der Waals surface area contributed by atoms with E-state index >= 15 is 0 Å². The molecule has 0 unspecified atom stereocenters. The van der Waals surface area contributed by atoms with Crippen molar-refractivity contribution in [3.05, 3.63) is 23.0 Å². The molecular formula is C14H25N3. The normalized spacial score (nSPS) is 16.9. The molecule has 2 rings (SSSR count). The highest BCUT2D eigenvalue weighted by atomic mass is 15.1. The Balaban J connectivity index is 1.72. The van der Waals surface area contributed by atoms with Gasteiger partial charge in [0.1, 0.15) is 0 Å². The fraction of sp³-hybridized carbons (Fsp3) is 0.714. The third kappa shape index (κ3) is 3.11. The van der Waals surface area contributed by atoms with Gasteiger partial charge in [0, 0.05) is 38.1 Å². The maximum atomic E-state index is 3.55. The number of hydrogen-bond donors (Lipinski definition) is 1. The van der Waals surface area contributed by atoms with E-state index in [2.05, 4.69) is 41.7 Å². The topological polar surface area (TPSA) is 20.2 Å². The number of aryl methyl sites for hydroxylation is 1. The Morgan fingerprint density at radius 2 is 1.94 bits per heavy atom. The minimum Gasteiger partial charge on any atom is -0.352 e. The molecule has 1 saturated heterocycles. The highest BCUT2D eigenvalue weighted by molar-refractivity contribution is 5.26. The van der Waals surface area contributed by atoms with E-state index in [0.717, 1.165) is 13.1 Å². The first kappa shape index (κ1) is 12.7. The van der Waals surface area contributed by atoms with Gasteiger partial charge in [0.15, 0.2) is 0 Å². The van der Waals surface area contributed by atoms with Gasteiger partial charge in [-0.1, -0.05) is 0 Å². The van der Waals surface area contributed by atoms with Crippen LogP contribution in [0.5, 0.6) is 0 Å². The first-order valence-corrected chi connectivity index (χ1v) is 6.73. The molecule has 0 aliphatic carbocycles. The van der Waals surface area contributed by atoms with Crippen molar-refractivity contribution in [2.24, 2.45) is 7.05 Å². The number of nitrogens with zero attached hydrogens (tertiary/aromatic N) is 2. The highest BCUT2D eigenvalue weighted by Gasteiger charge is 2.10. The van der Waals surface area contributed by atoms with Crippen molar-refractivity contribution in [1.82, 2.24) is 14.8 Å². The van der Waals surface area contributed by atoms with Crippen LogP contribution < -0.4 is 5.32 Å². The van der Waals surface area contributed by atoms with E-state index < -0.39 is 0 Å². The summed E-state index contributed by atoms with van der Waals surface area (Å²) < 4.78 is 2.26. The zero-order valence-electron chi connectivity index (χ0n) is 11.4. The van der Waals surface area contributed by atoms with Crippen molar-refractivity contribution in [2.45, 2.75) is 33.2 Å². The van der Waals surface area contributed by atoms with Gasteiger partial charge in [0.05, 0.1) is 0 Å². The fourth-order valence-electron chi connectivity index (χ4n) is 2.58. The smallest absolute Gasteiger partial charge is 0.0223 e. The molecule has 0 amide bonds. The number of hydrogen-bond acceptors (Lipinski definition) is 2. The molecular weight excluding hydrogens is 210 g/mol. The van der Waals surface area contributed by atoms with Crippen LogP contribution in [0.2, 0.25) is 0 Å². The Labute approximate surface area is 105 Å². The van der Waals surface area contributed by atoms with Gasteiger partial charge in [-0.15, -0.1) is 0 Å². The molecule has 1 fully saturated rings. The lowest BCUT2D eigenvalue weighted by Gasteiger charge is -2.14. The largest absolute Gasteiger partial charge is 0.352 e. The first-order valence-electron chi connectivity index (χ1n) is 6.73. The molecule has 1 aliphatic rings. The monoisotopic (exact) mass is 235 g/mol. The molecule has 0 spiro atoms. The molecule has 3 heteroatoms. The molecule has 96 valence electrons. The summed E-state index contributed by atoms with van der Waals surface area (Å²) >= 11 is 0. The predicted molar refractivity (Wildman–Crippen MR) is 72.3 cm³/mol. The Kier molecular flexibility index (Phi) is 4.24. The summed E-state index contributed by atoms with van der Waals surface area (Å²) in [4.78, 5) is 2.55. The van der Waals surface area contributed by atoms with Gasteiger partial charge in [-0.3, -0.25) is 0 Å². The van der Waals surface area contributed by atoms with Crippen molar-refractivity contribution >= 4 is 0 Å². The van der Waals surface area contributed by atoms with Gasteiger partial charge in [-0.2, -0.15) is 0 Å². The van der Waals surface area contributed by atoms with Gasteiger partial charge in [0.25, 0.3) is 0 Å². The Hall–Kier alpha value is -0.800. The summed E-state index contributed by atoms with van der Waals surface area (Å²) in [6.07, 6.45) is 2.77. The van der Waals surface area contributed by atoms with E-state index in [1.54, 1.807) is 0 Å². The van der Waals surface area contributed by atoms with Crippen LogP contribution in [0.15, 0.2) is 6.07 Å². The maximum Gasteiger partial charge on any atom is 0.0223 e. The van der Waals surface area contributed by atoms with E-state index in [-0.39, 0.29) is 0 Å². The summed E-state index contributed by atoms with van der Waals surface area (Å²) in [7, 11) is 2.14. The van der Waals surface area contributed by atoms with Crippen molar-refractivity contribution in [1.29, 1.82) is 0 Å². The van der Waals surface area contributed by atoms with E-state index in [4.69, 9.17) is 0 Å². The van der Waals surface area contributed by atoms with Crippen LogP contribution >= 0.6 is 0 Å². The molecule has 17 heavy (non-hydrogen) atoms. The van der Waals surface area contributed by atoms with Crippen LogP contribution in [0, 0.1) is 13.8 Å². The summed E-state index contributed by atoms with van der Waals surface area (Å²) in [5.74, 6) is 0. The van der Waals surface area contributed by atoms with E-state index in [9.17, 15) is 0 Å². The second-order valence-electron chi connectivity index (χ2n) is 5.18. The quantitative estimate of drug-likeness (QED) is 0.786. The van der Waals surface area contributed by atoms with Gasteiger partial charge < -0.3 is 14.8 Å². The second-order valence-corrected chi connectivity index (χ2v) is 5.18. The molecule has 1 N–H and O–H groups in total. The number of aromatic nitrogens is 1. The molecule has 0 saturated carbocycles. The second kappa shape index (κ2) is 5.69. The summed E-state index contributed by atoms with van der Waals surface area (Å²) in [5, 5.41) is 3.55. The van der Waals surface area contributed by atoms with Crippen molar-refractivity contribution in [3.8, 4) is 0 Å². The average molecular weight is 235 g/mol. The van der Waals surface area contributed by atoms with Crippen LogP contribution in [-0.2, 0) is 13.6 Å². The molecule has 3 nitrogen and oxygen atoms in total. The Morgan fingerprint density at radius 1 is 1.24 bits per heavy atom. The Morgan fingerprint density at radius 3 is 2.53 bits per heavy atom. The molecule has 0 atom stereocenters. The first-order chi connectivity index (χ1) is 8.18. The number of rotatable bonds is 5. The SMILES string of the molecule is Cc1cc(CNCCN2CCCC2)c(C)n1C. The summed E-state index contributed by atoms with van der Waals surface area (Å²) in [5.41, 5.74) is 4.17. The van der Waals surface area contributed by atoms with Crippen LogP contribution in [0.3, 0.4) is 0 Å². The van der Waals surface area contributed by atoms with E-state index in [1.807, 2.05) is 0 Å². The predicted octanol–water partition coefficient (Wildman–Crippen LogP) is 1.83. The minimum atomic E-state index is 1.00. The highest BCUT2D eigenvalue weighted by Crippen LogP contribution is 2.12. The molecule has 0 bridgehead atoms. The fourth-order valence-corrected chi connectivity index (χ4v) is 2.58. The van der Waals surface area contributed by atoms with Gasteiger partial charge in [-0.05, 0) is 51.4 Å². The average Bonchev–Trinajstić information content (AvgIpc) is 2.90. The van der Waals surface area contributed by atoms with Crippen LogP contribution in [0.25, 0.3) is 0 Å². The molecule has 2 heterocycles. The minimum absolute atomic E-state index is 1.00. The zero-order valence-corrected chi connectivity index (χ0v) is 11.4. The van der Waals surface area contributed by atoms with E-state index in [1.165, 1.54) is 49.4 Å². The Bertz CT molecular complexity index is 362. The molecule has 1 aromatic rings. The lowest BCUT2D eigenvalue weighted by Crippen LogP contribution is -2.29. The third-order valence-corrected chi connectivity index (χ3v) is 4.00. The lowest BCUT2D eigenvalue weighted by molar-refractivity contribution is 0.335. The summed E-state index contributed by atoms with van der Waals surface area (Å²) in [6.45, 7) is 10.3.